The smallest absolute Gasteiger partial charge is 0.133 e. The fraction of sp³-hybridized carbons (Fsp3) is 0.667. The monoisotopic (exact) mass is 280 g/mol. The third-order valence-electron chi connectivity index (χ3n) is 2.80. The van der Waals surface area contributed by atoms with Crippen molar-refractivity contribution >= 4 is 11.6 Å². The van der Waals surface area contributed by atoms with Gasteiger partial charge in [0.15, 0.2) is 0 Å². The van der Waals surface area contributed by atoms with Gasteiger partial charge in [0.05, 0.1) is 0 Å². The molecule has 116 valence electrons. The summed E-state index contributed by atoms with van der Waals surface area (Å²) in [7, 11) is 0. The van der Waals surface area contributed by atoms with Crippen molar-refractivity contribution in [2.45, 2.75) is 78.1 Å². The molecule has 0 atom stereocenters. The van der Waals surface area contributed by atoms with Crippen molar-refractivity contribution in [1.29, 1.82) is 0 Å². The number of unbranched alkanes of at least 4 members (excludes halogenated alkanes) is 2. The molecule has 0 aromatic heterocycles. The van der Waals surface area contributed by atoms with Gasteiger partial charge in [-0.2, -0.15) is 0 Å². The van der Waals surface area contributed by atoms with E-state index in [1.807, 2.05) is 19.9 Å². The molecule has 2 nitrogen and oxygen atoms in total. The standard InChI is InChI=1S/C10H18O.C8H14O/c1-3-5-6-7-9-10(11)8-4-2;1-3-5-7-8(9)6-4-2/h3H,1,4-9H2,2H3;3H,1,4-7H2,2H3. The van der Waals surface area contributed by atoms with Crippen molar-refractivity contribution in [2.75, 3.05) is 0 Å². The molecule has 0 fully saturated rings. The van der Waals surface area contributed by atoms with E-state index < -0.39 is 0 Å². The lowest BCUT2D eigenvalue weighted by atomic mass is 10.1. The van der Waals surface area contributed by atoms with Crippen molar-refractivity contribution in [3.63, 3.8) is 0 Å². The lowest BCUT2D eigenvalue weighted by molar-refractivity contribution is -0.119. The molecule has 0 aromatic rings. The van der Waals surface area contributed by atoms with Gasteiger partial charge in [-0.1, -0.05) is 26.0 Å². The average molecular weight is 280 g/mol. The van der Waals surface area contributed by atoms with Gasteiger partial charge >= 0.3 is 0 Å². The minimum atomic E-state index is 0.359. The van der Waals surface area contributed by atoms with E-state index in [-0.39, 0.29) is 0 Å². The van der Waals surface area contributed by atoms with Crippen molar-refractivity contribution in [2.24, 2.45) is 0 Å². The maximum absolute atomic E-state index is 11.0. The third-order valence-corrected chi connectivity index (χ3v) is 2.80. The van der Waals surface area contributed by atoms with Crippen LogP contribution in [0, 0.1) is 0 Å². The summed E-state index contributed by atoms with van der Waals surface area (Å²) in [5, 5.41) is 0. The van der Waals surface area contributed by atoms with Gasteiger partial charge in [-0.3, -0.25) is 9.59 Å². The second kappa shape index (κ2) is 17.8. The maximum atomic E-state index is 11.0. The Labute approximate surface area is 125 Å². The summed E-state index contributed by atoms with van der Waals surface area (Å²) in [4.78, 5) is 21.7. The highest BCUT2D eigenvalue weighted by atomic mass is 16.1. The molecule has 0 aliphatic carbocycles. The van der Waals surface area contributed by atoms with E-state index >= 15 is 0 Å². The molecule has 0 unspecified atom stereocenters. The van der Waals surface area contributed by atoms with E-state index in [0.29, 0.717) is 18.0 Å². The Bertz CT molecular complexity index is 267. The molecular weight excluding hydrogens is 248 g/mol. The van der Waals surface area contributed by atoms with Crippen LogP contribution in [0.25, 0.3) is 0 Å². The Hall–Kier alpha value is -1.18. The molecule has 0 aromatic carbocycles. The summed E-state index contributed by atoms with van der Waals surface area (Å²) in [6.07, 6.45) is 12.6. The van der Waals surface area contributed by atoms with Crippen LogP contribution in [0.5, 0.6) is 0 Å². The summed E-state index contributed by atoms with van der Waals surface area (Å²) >= 11 is 0. The van der Waals surface area contributed by atoms with Gasteiger partial charge < -0.3 is 0 Å². The zero-order valence-corrected chi connectivity index (χ0v) is 13.5. The van der Waals surface area contributed by atoms with Crippen LogP contribution in [0.2, 0.25) is 0 Å². The Morgan fingerprint density at radius 2 is 1.25 bits per heavy atom. The van der Waals surface area contributed by atoms with Gasteiger partial charge in [0.2, 0.25) is 0 Å². The highest BCUT2D eigenvalue weighted by Crippen LogP contribution is 2.03. The fourth-order valence-corrected chi connectivity index (χ4v) is 1.68. The molecule has 0 saturated carbocycles. The van der Waals surface area contributed by atoms with Crippen molar-refractivity contribution < 1.29 is 9.59 Å². The molecule has 0 amide bonds. The second-order valence-corrected chi connectivity index (χ2v) is 4.94. The number of hydrogen-bond donors (Lipinski definition) is 0. The quantitative estimate of drug-likeness (QED) is 0.353. The molecule has 0 rings (SSSR count). The van der Waals surface area contributed by atoms with Crippen LogP contribution >= 0.6 is 0 Å². The predicted octanol–water partition coefficient (Wildman–Crippen LogP) is 5.42. The van der Waals surface area contributed by atoms with Gasteiger partial charge in [0.25, 0.3) is 0 Å². The molecule has 0 N–H and O–H groups in total. The van der Waals surface area contributed by atoms with Crippen LogP contribution in [-0.2, 0) is 9.59 Å². The molecule has 2 heteroatoms. The third kappa shape index (κ3) is 19.2. The number of Topliss-reactive ketones (excluding diaryl/α,β-unsaturated/α-hetero) is 2. The summed E-state index contributed by atoms with van der Waals surface area (Å²) in [6, 6.07) is 0. The minimum Gasteiger partial charge on any atom is -0.300 e. The first-order valence-corrected chi connectivity index (χ1v) is 7.87. The van der Waals surface area contributed by atoms with Crippen molar-refractivity contribution in [3.05, 3.63) is 25.3 Å². The fourth-order valence-electron chi connectivity index (χ4n) is 1.68. The number of carbonyl (C=O) groups excluding carboxylic acids is 2. The number of ketones is 2. The van der Waals surface area contributed by atoms with E-state index in [9.17, 15) is 9.59 Å². The summed E-state index contributed by atoms with van der Waals surface area (Å²) in [6.45, 7) is 11.2. The van der Waals surface area contributed by atoms with E-state index in [0.717, 1.165) is 57.8 Å². The van der Waals surface area contributed by atoms with Crippen molar-refractivity contribution in [3.8, 4) is 0 Å². The predicted molar refractivity (Wildman–Crippen MR) is 87.9 cm³/mol. The average Bonchev–Trinajstić information content (AvgIpc) is 2.43. The van der Waals surface area contributed by atoms with Crippen LogP contribution < -0.4 is 0 Å². The highest BCUT2D eigenvalue weighted by Gasteiger charge is 1.98. The summed E-state index contributed by atoms with van der Waals surface area (Å²) < 4.78 is 0. The van der Waals surface area contributed by atoms with Crippen LogP contribution in [0.4, 0.5) is 0 Å². The maximum Gasteiger partial charge on any atom is 0.133 e. The van der Waals surface area contributed by atoms with Crippen LogP contribution in [0.1, 0.15) is 78.1 Å². The van der Waals surface area contributed by atoms with Gasteiger partial charge in [-0.05, 0) is 38.5 Å². The Morgan fingerprint density at radius 3 is 1.70 bits per heavy atom. The Kier molecular flexibility index (Phi) is 18.8. The molecule has 0 spiro atoms. The molecule has 20 heavy (non-hydrogen) atoms. The van der Waals surface area contributed by atoms with E-state index in [1.54, 1.807) is 6.08 Å². The SMILES string of the molecule is C=CCCC(=O)CCC.C=CCCCCC(=O)CCC. The normalized spacial score (nSPS) is 9.30. The number of allylic oxidation sites excluding steroid dienone is 2. The highest BCUT2D eigenvalue weighted by molar-refractivity contribution is 5.78. The molecule has 0 radical (unpaired) electrons. The van der Waals surface area contributed by atoms with Crippen LogP contribution in [0.3, 0.4) is 0 Å². The molecule has 0 bridgehead atoms. The zero-order valence-electron chi connectivity index (χ0n) is 13.5. The molecule has 0 heterocycles. The van der Waals surface area contributed by atoms with E-state index in [1.165, 1.54) is 0 Å². The Morgan fingerprint density at radius 1 is 0.750 bits per heavy atom. The first-order chi connectivity index (χ1) is 9.62. The molecule has 0 saturated heterocycles. The van der Waals surface area contributed by atoms with Gasteiger partial charge in [-0.15, -0.1) is 13.2 Å². The first kappa shape index (κ1) is 21.1. The van der Waals surface area contributed by atoms with Crippen LogP contribution in [0.15, 0.2) is 25.3 Å². The lowest BCUT2D eigenvalue weighted by Gasteiger charge is -1.96. The summed E-state index contributed by atoms with van der Waals surface area (Å²) in [5.74, 6) is 0.772. The molecular formula is C18H32O2. The topological polar surface area (TPSA) is 34.1 Å². The number of rotatable bonds is 12. The number of carbonyl (C=O) groups is 2. The first-order valence-electron chi connectivity index (χ1n) is 7.87. The van der Waals surface area contributed by atoms with Gasteiger partial charge in [0, 0.05) is 25.7 Å². The van der Waals surface area contributed by atoms with Crippen LogP contribution in [-0.4, -0.2) is 11.6 Å². The number of hydrogen-bond acceptors (Lipinski definition) is 2. The van der Waals surface area contributed by atoms with E-state index in [4.69, 9.17) is 0 Å². The van der Waals surface area contributed by atoms with Gasteiger partial charge in [-0.25, -0.2) is 0 Å². The molecule has 0 aliphatic heterocycles. The summed E-state index contributed by atoms with van der Waals surface area (Å²) in [5.41, 5.74) is 0. The second-order valence-electron chi connectivity index (χ2n) is 4.94. The lowest BCUT2D eigenvalue weighted by Crippen LogP contribution is -1.95. The molecule has 0 aliphatic rings. The van der Waals surface area contributed by atoms with Gasteiger partial charge in [0.1, 0.15) is 11.6 Å². The largest absolute Gasteiger partial charge is 0.300 e. The van der Waals surface area contributed by atoms with Crippen molar-refractivity contribution in [1.82, 2.24) is 0 Å². The zero-order chi connectivity index (χ0) is 15.6. The van der Waals surface area contributed by atoms with E-state index in [2.05, 4.69) is 13.2 Å². The Balaban J connectivity index is 0. The minimum absolute atomic E-state index is 0.359.